The summed E-state index contributed by atoms with van der Waals surface area (Å²) in [6, 6.07) is 7.79. The molecule has 1 atom stereocenters. The fraction of sp³-hybridized carbons (Fsp3) is 0.529. The highest BCUT2D eigenvalue weighted by Gasteiger charge is 2.28. The molecule has 0 spiro atoms. The van der Waals surface area contributed by atoms with Gasteiger partial charge in [0.05, 0.1) is 18.1 Å². The zero-order chi connectivity index (χ0) is 17.6. The Labute approximate surface area is 142 Å². The van der Waals surface area contributed by atoms with E-state index >= 15 is 0 Å². The van der Waals surface area contributed by atoms with E-state index in [4.69, 9.17) is 0 Å². The number of rotatable bonds is 7. The van der Waals surface area contributed by atoms with Gasteiger partial charge in [0, 0.05) is 12.5 Å². The summed E-state index contributed by atoms with van der Waals surface area (Å²) < 4.78 is 22.7. The van der Waals surface area contributed by atoms with Crippen molar-refractivity contribution in [2.45, 2.75) is 38.6 Å². The quantitative estimate of drug-likeness (QED) is 0.752. The van der Waals surface area contributed by atoms with E-state index in [0.717, 1.165) is 12.0 Å². The lowest BCUT2D eigenvalue weighted by molar-refractivity contribution is -0.126. The molecule has 132 valence electrons. The van der Waals surface area contributed by atoms with E-state index in [1.165, 1.54) is 5.56 Å². The molecule has 1 unspecified atom stereocenters. The van der Waals surface area contributed by atoms with Gasteiger partial charge >= 0.3 is 0 Å². The summed E-state index contributed by atoms with van der Waals surface area (Å²) >= 11 is 0. The van der Waals surface area contributed by atoms with Gasteiger partial charge in [-0.1, -0.05) is 31.2 Å². The van der Waals surface area contributed by atoms with E-state index in [9.17, 15) is 18.0 Å². The first-order chi connectivity index (χ1) is 11.4. The predicted molar refractivity (Wildman–Crippen MR) is 92.4 cm³/mol. The van der Waals surface area contributed by atoms with Crippen molar-refractivity contribution in [3.05, 3.63) is 35.4 Å². The van der Waals surface area contributed by atoms with Gasteiger partial charge in [-0.25, -0.2) is 8.42 Å². The molecule has 2 rings (SSSR count). The number of sulfone groups is 1. The molecular weight excluding hydrogens is 328 g/mol. The maximum absolute atomic E-state index is 11.8. The SMILES string of the molecule is CCc1ccc(CCC(=O)NCC(=O)NC2CCS(=O)(=O)C2)cc1. The Kier molecular flexibility index (Phi) is 6.36. The minimum atomic E-state index is -3.02. The highest BCUT2D eigenvalue weighted by molar-refractivity contribution is 7.91. The molecule has 7 heteroatoms. The van der Waals surface area contributed by atoms with Gasteiger partial charge in [-0.05, 0) is 30.4 Å². The Morgan fingerprint density at radius 2 is 1.79 bits per heavy atom. The zero-order valence-electron chi connectivity index (χ0n) is 13.9. The topological polar surface area (TPSA) is 92.3 Å². The van der Waals surface area contributed by atoms with Gasteiger partial charge in [0.2, 0.25) is 11.8 Å². The molecule has 0 radical (unpaired) electrons. The number of hydrogen-bond donors (Lipinski definition) is 2. The van der Waals surface area contributed by atoms with E-state index < -0.39 is 9.84 Å². The highest BCUT2D eigenvalue weighted by atomic mass is 32.2. The lowest BCUT2D eigenvalue weighted by Gasteiger charge is -2.11. The fourth-order valence-electron chi connectivity index (χ4n) is 2.65. The van der Waals surface area contributed by atoms with Crippen LogP contribution in [0, 0.1) is 0 Å². The Balaban J connectivity index is 1.66. The van der Waals surface area contributed by atoms with Crippen molar-refractivity contribution in [3.8, 4) is 0 Å². The molecule has 1 fully saturated rings. The molecule has 6 nitrogen and oxygen atoms in total. The van der Waals surface area contributed by atoms with E-state index in [-0.39, 0.29) is 35.9 Å². The second-order valence-corrected chi connectivity index (χ2v) is 8.34. The second-order valence-electron chi connectivity index (χ2n) is 6.11. The third-order valence-electron chi connectivity index (χ3n) is 4.12. The first-order valence-corrected chi connectivity index (χ1v) is 10.0. The summed E-state index contributed by atoms with van der Waals surface area (Å²) in [5.74, 6) is -0.441. The van der Waals surface area contributed by atoms with Gasteiger partial charge in [0.25, 0.3) is 0 Å². The van der Waals surface area contributed by atoms with Crippen molar-refractivity contribution in [1.29, 1.82) is 0 Å². The monoisotopic (exact) mass is 352 g/mol. The normalized spacial score (nSPS) is 19.0. The lowest BCUT2D eigenvalue weighted by atomic mass is 10.1. The van der Waals surface area contributed by atoms with Crippen LogP contribution in [0.2, 0.25) is 0 Å². The maximum atomic E-state index is 11.8. The number of nitrogens with one attached hydrogen (secondary N) is 2. The Hall–Kier alpha value is -1.89. The molecule has 1 heterocycles. The molecule has 0 saturated carbocycles. The second kappa shape index (κ2) is 8.28. The van der Waals surface area contributed by atoms with E-state index in [1.807, 2.05) is 12.1 Å². The Morgan fingerprint density at radius 1 is 1.12 bits per heavy atom. The average molecular weight is 352 g/mol. The van der Waals surface area contributed by atoms with Crippen LogP contribution in [0.25, 0.3) is 0 Å². The summed E-state index contributed by atoms with van der Waals surface area (Å²) in [7, 11) is -3.02. The maximum Gasteiger partial charge on any atom is 0.239 e. The van der Waals surface area contributed by atoms with Crippen LogP contribution in [0.4, 0.5) is 0 Å². The minimum absolute atomic E-state index is 0.0135. The molecule has 0 aromatic heterocycles. The molecule has 1 aliphatic heterocycles. The van der Waals surface area contributed by atoms with E-state index in [2.05, 4.69) is 29.7 Å². The summed E-state index contributed by atoms with van der Waals surface area (Å²) in [5, 5.41) is 5.21. The molecule has 2 amide bonds. The Morgan fingerprint density at radius 3 is 2.38 bits per heavy atom. The number of carbonyl (C=O) groups is 2. The Bertz CT molecular complexity index is 683. The number of aryl methyl sites for hydroxylation is 2. The van der Waals surface area contributed by atoms with Gasteiger partial charge in [0.1, 0.15) is 0 Å². The average Bonchev–Trinajstić information content (AvgIpc) is 2.90. The number of benzene rings is 1. The summed E-state index contributed by atoms with van der Waals surface area (Å²) in [5.41, 5.74) is 2.34. The number of hydrogen-bond acceptors (Lipinski definition) is 4. The molecule has 24 heavy (non-hydrogen) atoms. The fourth-order valence-corrected chi connectivity index (χ4v) is 4.33. The largest absolute Gasteiger partial charge is 0.351 e. The third kappa shape index (κ3) is 5.96. The molecule has 1 saturated heterocycles. The number of amides is 2. The summed E-state index contributed by atoms with van der Waals surface area (Å²) in [6.45, 7) is 1.97. The van der Waals surface area contributed by atoms with Crippen molar-refractivity contribution in [3.63, 3.8) is 0 Å². The smallest absolute Gasteiger partial charge is 0.239 e. The third-order valence-corrected chi connectivity index (χ3v) is 5.88. The minimum Gasteiger partial charge on any atom is -0.351 e. The standard InChI is InChI=1S/C17H24N2O4S/c1-2-13-3-5-14(6-4-13)7-8-16(20)18-11-17(21)19-15-9-10-24(22,23)12-15/h3-6,15H,2,7-12H2,1H3,(H,18,20)(H,19,21). The van der Waals surface area contributed by atoms with Gasteiger partial charge in [0.15, 0.2) is 9.84 Å². The first-order valence-electron chi connectivity index (χ1n) is 8.22. The molecule has 1 aromatic carbocycles. The van der Waals surface area contributed by atoms with Crippen LogP contribution in [0.3, 0.4) is 0 Å². The molecule has 0 bridgehead atoms. The van der Waals surface area contributed by atoms with Crippen molar-refractivity contribution >= 4 is 21.7 Å². The van der Waals surface area contributed by atoms with Gasteiger partial charge in [-0.2, -0.15) is 0 Å². The van der Waals surface area contributed by atoms with Crippen molar-refractivity contribution in [2.24, 2.45) is 0 Å². The van der Waals surface area contributed by atoms with Crippen LogP contribution in [0.1, 0.15) is 30.9 Å². The van der Waals surface area contributed by atoms with Crippen LogP contribution in [-0.4, -0.2) is 44.3 Å². The van der Waals surface area contributed by atoms with Crippen LogP contribution >= 0.6 is 0 Å². The first kappa shape index (κ1) is 18.4. The van der Waals surface area contributed by atoms with Crippen molar-refractivity contribution in [1.82, 2.24) is 10.6 Å². The van der Waals surface area contributed by atoms with Gasteiger partial charge in [-0.3, -0.25) is 9.59 Å². The van der Waals surface area contributed by atoms with Crippen molar-refractivity contribution in [2.75, 3.05) is 18.1 Å². The predicted octanol–water partition coefficient (Wildman–Crippen LogP) is 0.601. The summed E-state index contributed by atoms with van der Waals surface area (Å²) in [6.07, 6.45) is 2.36. The number of carbonyl (C=O) groups excluding carboxylic acids is 2. The van der Waals surface area contributed by atoms with Crippen LogP contribution in [0.5, 0.6) is 0 Å². The zero-order valence-corrected chi connectivity index (χ0v) is 14.7. The van der Waals surface area contributed by atoms with E-state index in [0.29, 0.717) is 19.3 Å². The van der Waals surface area contributed by atoms with Crippen LogP contribution in [-0.2, 0) is 32.3 Å². The lowest BCUT2D eigenvalue weighted by Crippen LogP contribution is -2.42. The molecular formula is C17H24N2O4S. The van der Waals surface area contributed by atoms with Crippen molar-refractivity contribution < 1.29 is 18.0 Å². The van der Waals surface area contributed by atoms with Crippen LogP contribution < -0.4 is 10.6 Å². The van der Waals surface area contributed by atoms with Crippen LogP contribution in [0.15, 0.2) is 24.3 Å². The molecule has 1 aromatic rings. The molecule has 0 aliphatic carbocycles. The highest BCUT2D eigenvalue weighted by Crippen LogP contribution is 2.11. The van der Waals surface area contributed by atoms with E-state index in [1.54, 1.807) is 0 Å². The van der Waals surface area contributed by atoms with Gasteiger partial charge in [-0.15, -0.1) is 0 Å². The molecule has 2 N–H and O–H groups in total. The molecule has 1 aliphatic rings. The van der Waals surface area contributed by atoms with Gasteiger partial charge < -0.3 is 10.6 Å². The summed E-state index contributed by atoms with van der Waals surface area (Å²) in [4.78, 5) is 23.5.